The van der Waals surface area contributed by atoms with E-state index in [2.05, 4.69) is 38.2 Å². The summed E-state index contributed by atoms with van der Waals surface area (Å²) in [6, 6.07) is 5.91. The average Bonchev–Trinajstić information content (AvgIpc) is 3.07. The summed E-state index contributed by atoms with van der Waals surface area (Å²) in [5.74, 6) is 0.943. The van der Waals surface area contributed by atoms with Crippen LogP contribution < -0.4 is 10.2 Å². The molecule has 0 unspecified atom stereocenters. The standard InChI is InChI=1S/C20H24N6O/c1-3-16-11-18(22-13-21-16)25-8-5-17(6-9-25)24-20(27)15-4-7-26-12-14(2)23-19(26)10-15/h4,7,10-13,17H,3,5-6,8-9H2,1-2H3,(H,24,27). The van der Waals surface area contributed by atoms with Crippen LogP contribution in [0.15, 0.2) is 36.9 Å². The lowest BCUT2D eigenvalue weighted by atomic mass is 10.0. The van der Waals surface area contributed by atoms with Crippen molar-refractivity contribution in [3.63, 3.8) is 0 Å². The van der Waals surface area contributed by atoms with E-state index in [0.29, 0.717) is 5.56 Å². The fourth-order valence-corrected chi connectivity index (χ4v) is 3.52. The lowest BCUT2D eigenvalue weighted by Crippen LogP contribution is -2.45. The molecule has 0 bridgehead atoms. The number of aryl methyl sites for hydroxylation is 2. The Morgan fingerprint density at radius 2 is 2.07 bits per heavy atom. The number of aromatic nitrogens is 4. The Labute approximate surface area is 158 Å². The highest BCUT2D eigenvalue weighted by atomic mass is 16.1. The van der Waals surface area contributed by atoms with Crippen molar-refractivity contribution in [1.82, 2.24) is 24.7 Å². The lowest BCUT2D eigenvalue weighted by molar-refractivity contribution is 0.0931. The third-order valence-corrected chi connectivity index (χ3v) is 5.07. The molecule has 0 saturated carbocycles. The Balaban J connectivity index is 1.37. The second-order valence-corrected chi connectivity index (χ2v) is 7.02. The van der Waals surface area contributed by atoms with E-state index in [1.807, 2.05) is 35.9 Å². The van der Waals surface area contributed by atoms with Gasteiger partial charge in [0.15, 0.2) is 0 Å². The molecule has 0 spiro atoms. The van der Waals surface area contributed by atoms with Crippen LogP contribution in [0, 0.1) is 6.92 Å². The van der Waals surface area contributed by atoms with Crippen LogP contribution in [-0.2, 0) is 6.42 Å². The number of anilines is 1. The van der Waals surface area contributed by atoms with Crippen molar-refractivity contribution >= 4 is 17.4 Å². The quantitative estimate of drug-likeness (QED) is 0.769. The summed E-state index contributed by atoms with van der Waals surface area (Å²) in [4.78, 5) is 28.0. The van der Waals surface area contributed by atoms with E-state index in [4.69, 9.17) is 0 Å². The SMILES string of the molecule is CCc1cc(N2CCC(NC(=O)c3ccn4cc(C)nc4c3)CC2)ncn1. The molecule has 1 fully saturated rings. The van der Waals surface area contributed by atoms with E-state index in [0.717, 1.165) is 55.2 Å². The van der Waals surface area contributed by atoms with Gasteiger partial charge in [0.2, 0.25) is 0 Å². The summed E-state index contributed by atoms with van der Waals surface area (Å²) in [6.45, 7) is 5.80. The van der Waals surface area contributed by atoms with E-state index in [9.17, 15) is 4.79 Å². The summed E-state index contributed by atoms with van der Waals surface area (Å²) >= 11 is 0. The number of carbonyl (C=O) groups excluding carboxylic acids is 1. The molecule has 4 rings (SSSR count). The number of nitrogens with zero attached hydrogens (tertiary/aromatic N) is 5. The summed E-state index contributed by atoms with van der Waals surface area (Å²) < 4.78 is 1.93. The fourth-order valence-electron chi connectivity index (χ4n) is 3.52. The number of hydrogen-bond donors (Lipinski definition) is 1. The highest BCUT2D eigenvalue weighted by molar-refractivity contribution is 5.95. The molecular weight excluding hydrogens is 340 g/mol. The first-order valence-electron chi connectivity index (χ1n) is 9.44. The van der Waals surface area contributed by atoms with E-state index < -0.39 is 0 Å². The van der Waals surface area contributed by atoms with Crippen molar-refractivity contribution in [2.45, 2.75) is 39.2 Å². The van der Waals surface area contributed by atoms with Crippen LogP contribution in [0.2, 0.25) is 0 Å². The van der Waals surface area contributed by atoms with Crippen molar-refractivity contribution in [2.24, 2.45) is 0 Å². The predicted molar refractivity (Wildman–Crippen MR) is 104 cm³/mol. The number of rotatable bonds is 4. The average molecular weight is 364 g/mol. The van der Waals surface area contributed by atoms with Gasteiger partial charge in [-0.2, -0.15) is 0 Å². The third kappa shape index (κ3) is 3.77. The summed E-state index contributed by atoms with van der Waals surface area (Å²) in [5, 5.41) is 3.17. The van der Waals surface area contributed by atoms with Crippen LogP contribution in [0.4, 0.5) is 5.82 Å². The zero-order valence-corrected chi connectivity index (χ0v) is 15.7. The molecule has 140 valence electrons. The zero-order valence-electron chi connectivity index (χ0n) is 15.7. The Morgan fingerprint density at radius 1 is 1.26 bits per heavy atom. The topological polar surface area (TPSA) is 75.4 Å². The number of nitrogens with one attached hydrogen (secondary N) is 1. The molecule has 1 aliphatic heterocycles. The van der Waals surface area contributed by atoms with Gasteiger partial charge in [-0.1, -0.05) is 6.92 Å². The highest BCUT2D eigenvalue weighted by Gasteiger charge is 2.22. The van der Waals surface area contributed by atoms with Gasteiger partial charge < -0.3 is 14.6 Å². The second-order valence-electron chi connectivity index (χ2n) is 7.02. The number of amides is 1. The molecule has 7 heteroatoms. The van der Waals surface area contributed by atoms with Gasteiger partial charge in [0, 0.05) is 48.8 Å². The number of imidazole rings is 1. The van der Waals surface area contributed by atoms with Crippen LogP contribution in [0.1, 0.15) is 41.5 Å². The molecule has 0 atom stereocenters. The monoisotopic (exact) mass is 364 g/mol. The fraction of sp³-hybridized carbons (Fsp3) is 0.400. The molecule has 1 saturated heterocycles. The van der Waals surface area contributed by atoms with Gasteiger partial charge in [-0.05, 0) is 38.3 Å². The Bertz CT molecular complexity index is 958. The molecule has 4 heterocycles. The minimum atomic E-state index is -0.0353. The number of piperidine rings is 1. The molecule has 0 radical (unpaired) electrons. The van der Waals surface area contributed by atoms with Gasteiger partial charge in [-0.3, -0.25) is 4.79 Å². The zero-order chi connectivity index (χ0) is 18.8. The van der Waals surface area contributed by atoms with E-state index in [1.54, 1.807) is 6.33 Å². The van der Waals surface area contributed by atoms with Crippen LogP contribution in [-0.4, -0.2) is 44.4 Å². The number of fused-ring (bicyclic) bond motifs is 1. The Kier molecular flexibility index (Phi) is 4.75. The van der Waals surface area contributed by atoms with Crippen molar-refractivity contribution in [1.29, 1.82) is 0 Å². The van der Waals surface area contributed by atoms with Crippen molar-refractivity contribution in [3.05, 3.63) is 53.9 Å². The van der Waals surface area contributed by atoms with E-state index in [-0.39, 0.29) is 11.9 Å². The molecule has 27 heavy (non-hydrogen) atoms. The number of pyridine rings is 1. The maximum Gasteiger partial charge on any atom is 0.251 e. The van der Waals surface area contributed by atoms with Gasteiger partial charge in [0.25, 0.3) is 5.91 Å². The first kappa shape index (κ1) is 17.5. The summed E-state index contributed by atoms with van der Waals surface area (Å²) in [7, 11) is 0. The third-order valence-electron chi connectivity index (χ3n) is 5.07. The molecule has 1 aliphatic rings. The largest absolute Gasteiger partial charge is 0.356 e. The van der Waals surface area contributed by atoms with Gasteiger partial charge in [-0.15, -0.1) is 0 Å². The van der Waals surface area contributed by atoms with Gasteiger partial charge >= 0.3 is 0 Å². The van der Waals surface area contributed by atoms with Crippen LogP contribution in [0.25, 0.3) is 5.65 Å². The maximum absolute atomic E-state index is 12.6. The molecule has 7 nitrogen and oxygen atoms in total. The predicted octanol–water partition coefficient (Wildman–Crippen LogP) is 2.39. The molecule has 3 aromatic heterocycles. The lowest BCUT2D eigenvalue weighted by Gasteiger charge is -2.33. The molecule has 3 aromatic rings. The minimum absolute atomic E-state index is 0.0353. The van der Waals surface area contributed by atoms with E-state index >= 15 is 0 Å². The maximum atomic E-state index is 12.6. The normalized spacial score (nSPS) is 15.3. The first-order valence-corrected chi connectivity index (χ1v) is 9.44. The number of hydrogen-bond acceptors (Lipinski definition) is 5. The Morgan fingerprint density at radius 3 is 2.85 bits per heavy atom. The van der Waals surface area contributed by atoms with Crippen molar-refractivity contribution < 1.29 is 4.79 Å². The summed E-state index contributed by atoms with van der Waals surface area (Å²) in [6.07, 6.45) is 8.18. The van der Waals surface area contributed by atoms with E-state index in [1.165, 1.54) is 0 Å². The van der Waals surface area contributed by atoms with Crippen molar-refractivity contribution in [3.8, 4) is 0 Å². The molecular formula is C20H24N6O. The van der Waals surface area contributed by atoms with Gasteiger partial charge in [0.05, 0.1) is 5.69 Å². The first-order chi connectivity index (χ1) is 13.1. The molecule has 0 aromatic carbocycles. The molecule has 0 aliphatic carbocycles. The smallest absolute Gasteiger partial charge is 0.251 e. The van der Waals surface area contributed by atoms with Crippen LogP contribution in [0.5, 0.6) is 0 Å². The Hall–Kier alpha value is -2.96. The van der Waals surface area contributed by atoms with Gasteiger partial charge in [-0.25, -0.2) is 15.0 Å². The van der Waals surface area contributed by atoms with Crippen LogP contribution in [0.3, 0.4) is 0 Å². The minimum Gasteiger partial charge on any atom is -0.356 e. The van der Waals surface area contributed by atoms with Crippen LogP contribution >= 0.6 is 0 Å². The molecule has 1 N–H and O–H groups in total. The number of carbonyl (C=O) groups is 1. The molecule has 1 amide bonds. The summed E-state index contributed by atoms with van der Waals surface area (Å²) in [5.41, 5.74) is 3.44. The van der Waals surface area contributed by atoms with Crippen molar-refractivity contribution in [2.75, 3.05) is 18.0 Å². The second kappa shape index (κ2) is 7.34. The van der Waals surface area contributed by atoms with Gasteiger partial charge in [0.1, 0.15) is 17.8 Å². The highest BCUT2D eigenvalue weighted by Crippen LogP contribution is 2.19.